The normalized spacial score (nSPS) is 12.0. The molecule has 0 spiro atoms. The molecule has 0 saturated carbocycles. The molecule has 4 aromatic rings. The average molecular weight is 612 g/mol. The molecule has 0 radical (unpaired) electrons. The van der Waals surface area contributed by atoms with Gasteiger partial charge in [0.05, 0.1) is 37.4 Å². The molecule has 1 heterocycles. The minimum absolute atomic E-state index is 0.177. The number of hydrogen-bond acceptors (Lipinski definition) is 8. The molecule has 9 nitrogen and oxygen atoms in total. The zero-order valence-corrected chi connectivity index (χ0v) is 27.0. The number of nitrogens with zero attached hydrogens (tertiary/aromatic N) is 3. The number of esters is 1. The molecule has 1 atom stereocenters. The molecule has 0 fully saturated rings. The maximum absolute atomic E-state index is 13.9. The minimum atomic E-state index is -0.847. The van der Waals surface area contributed by atoms with Crippen LogP contribution in [-0.2, 0) is 16.0 Å². The molecule has 236 valence electrons. The van der Waals surface area contributed by atoms with Crippen LogP contribution in [0.3, 0.4) is 0 Å². The van der Waals surface area contributed by atoms with Crippen molar-refractivity contribution in [1.82, 2.24) is 9.66 Å². The molecule has 4 rings (SSSR count). The number of ether oxygens (including phenoxy) is 4. The number of rotatable bonds is 13. The smallest absolute Gasteiger partial charge is 0.347 e. The second-order valence-electron chi connectivity index (χ2n) is 10.8. The first kappa shape index (κ1) is 33.0. The Bertz CT molecular complexity index is 1790. The van der Waals surface area contributed by atoms with Crippen LogP contribution in [0.15, 0.2) is 71.1 Å². The van der Waals surface area contributed by atoms with Crippen molar-refractivity contribution < 1.29 is 23.7 Å². The summed E-state index contributed by atoms with van der Waals surface area (Å²) in [6, 6.07) is 14.8. The maximum atomic E-state index is 13.9. The van der Waals surface area contributed by atoms with Gasteiger partial charge in [-0.2, -0.15) is 9.78 Å². The largest absolute Gasteiger partial charge is 0.496 e. The van der Waals surface area contributed by atoms with E-state index >= 15 is 0 Å². The summed E-state index contributed by atoms with van der Waals surface area (Å²) in [5, 5.41) is 5.15. The first-order chi connectivity index (χ1) is 21.6. The van der Waals surface area contributed by atoms with Gasteiger partial charge in [0.1, 0.15) is 5.75 Å². The fourth-order valence-electron chi connectivity index (χ4n) is 5.04. The summed E-state index contributed by atoms with van der Waals surface area (Å²) in [4.78, 5) is 31.2. The predicted molar refractivity (Wildman–Crippen MR) is 178 cm³/mol. The Morgan fingerprint density at radius 1 is 1.07 bits per heavy atom. The van der Waals surface area contributed by atoms with E-state index in [9.17, 15) is 9.59 Å². The summed E-state index contributed by atoms with van der Waals surface area (Å²) in [5.74, 6) is 1.76. The van der Waals surface area contributed by atoms with E-state index in [1.165, 1.54) is 4.68 Å². The van der Waals surface area contributed by atoms with Crippen molar-refractivity contribution in [2.24, 2.45) is 5.10 Å². The number of methoxy groups -OCH3 is 1. The zero-order chi connectivity index (χ0) is 32.7. The predicted octanol–water partition coefficient (Wildman–Crippen LogP) is 6.84. The molecule has 0 bridgehead atoms. The van der Waals surface area contributed by atoms with Crippen LogP contribution in [0.25, 0.3) is 22.3 Å². The van der Waals surface area contributed by atoms with E-state index in [1.54, 1.807) is 51.4 Å². The van der Waals surface area contributed by atoms with Gasteiger partial charge in [0.25, 0.3) is 5.56 Å². The summed E-state index contributed by atoms with van der Waals surface area (Å²) in [5.41, 5.74) is 4.35. The van der Waals surface area contributed by atoms with Gasteiger partial charge in [-0.3, -0.25) is 4.79 Å². The second kappa shape index (κ2) is 14.7. The minimum Gasteiger partial charge on any atom is -0.496 e. The third-order valence-corrected chi connectivity index (χ3v) is 7.25. The molecule has 0 aliphatic carbocycles. The lowest BCUT2D eigenvalue weighted by atomic mass is 9.96. The topological polar surface area (TPSA) is 101 Å². The van der Waals surface area contributed by atoms with E-state index in [4.69, 9.17) is 29.0 Å². The van der Waals surface area contributed by atoms with Crippen molar-refractivity contribution in [2.75, 3.05) is 20.3 Å². The summed E-state index contributed by atoms with van der Waals surface area (Å²) in [6.45, 7) is 15.9. The number of benzene rings is 3. The van der Waals surface area contributed by atoms with Gasteiger partial charge >= 0.3 is 5.97 Å². The molecule has 0 amide bonds. The average Bonchev–Trinajstić information content (AvgIpc) is 3.02. The van der Waals surface area contributed by atoms with Gasteiger partial charge in [0.15, 0.2) is 23.4 Å². The van der Waals surface area contributed by atoms with Gasteiger partial charge in [0, 0.05) is 11.1 Å². The highest BCUT2D eigenvalue weighted by atomic mass is 16.6. The Balaban J connectivity index is 1.90. The maximum Gasteiger partial charge on any atom is 0.347 e. The number of hydrogen-bond donors (Lipinski definition) is 0. The molecule has 3 aromatic carbocycles. The number of fused-ring (bicyclic) bond motifs is 1. The summed E-state index contributed by atoms with van der Waals surface area (Å²) in [7, 11) is 1.65. The Hall–Kier alpha value is -4.92. The van der Waals surface area contributed by atoms with E-state index in [-0.39, 0.29) is 18.1 Å². The van der Waals surface area contributed by atoms with E-state index in [0.717, 1.165) is 28.0 Å². The number of para-hydroxylation sites is 1. The van der Waals surface area contributed by atoms with Gasteiger partial charge in [0.2, 0.25) is 0 Å². The van der Waals surface area contributed by atoms with Crippen molar-refractivity contribution in [3.8, 4) is 28.6 Å². The number of carbonyl (C=O) groups excluding carboxylic acids is 1. The SMILES string of the molecule is C=CCc1cc(C=Nn2c(-c3cc(C(C)C)c(OC)cc3C)nc3ccccc3c2=O)cc(OCC)c1O[C@H](C)C(=O)OCC. The van der Waals surface area contributed by atoms with Crippen LogP contribution >= 0.6 is 0 Å². The van der Waals surface area contributed by atoms with E-state index in [2.05, 4.69) is 20.4 Å². The summed E-state index contributed by atoms with van der Waals surface area (Å²) >= 11 is 0. The van der Waals surface area contributed by atoms with E-state index in [1.807, 2.05) is 44.2 Å². The molecule has 0 unspecified atom stereocenters. The molecular weight excluding hydrogens is 570 g/mol. The van der Waals surface area contributed by atoms with Crippen LogP contribution in [-0.4, -0.2) is 48.3 Å². The van der Waals surface area contributed by atoms with Crippen molar-refractivity contribution in [3.05, 3.63) is 93.8 Å². The standard InChI is InChI=1S/C36H41N3O6/c1-9-14-26-18-25(19-32(43-10-2)33(26)45-24(7)36(41)44-11-3)21-37-39-34(38-30-16-13-12-15-27(30)35(39)40)29-20-28(22(4)5)31(42-8)17-23(29)6/h9,12-13,15-22,24H,1,10-11,14H2,2-8H3/t24-/m1/s1. The lowest BCUT2D eigenvalue weighted by Crippen LogP contribution is -2.26. The van der Waals surface area contributed by atoms with Gasteiger partial charge < -0.3 is 18.9 Å². The Morgan fingerprint density at radius 3 is 2.49 bits per heavy atom. The fraction of sp³-hybridized carbons (Fsp3) is 0.333. The molecule has 9 heteroatoms. The molecule has 0 aliphatic rings. The third kappa shape index (κ3) is 7.25. The van der Waals surface area contributed by atoms with Gasteiger partial charge in [-0.15, -0.1) is 6.58 Å². The molecule has 0 saturated heterocycles. The summed E-state index contributed by atoms with van der Waals surface area (Å²) < 4.78 is 24.1. The van der Waals surface area contributed by atoms with Gasteiger partial charge in [-0.05, 0) is 93.1 Å². The van der Waals surface area contributed by atoms with Crippen LogP contribution in [0.2, 0.25) is 0 Å². The van der Waals surface area contributed by atoms with Crippen LogP contribution in [0, 0.1) is 6.92 Å². The lowest BCUT2D eigenvalue weighted by Gasteiger charge is -2.20. The van der Waals surface area contributed by atoms with E-state index < -0.39 is 12.1 Å². The highest BCUT2D eigenvalue weighted by Crippen LogP contribution is 2.36. The Kier molecular flexibility index (Phi) is 10.8. The molecule has 1 aromatic heterocycles. The molecule has 0 aliphatic heterocycles. The fourth-order valence-corrected chi connectivity index (χ4v) is 5.04. The Morgan fingerprint density at radius 2 is 1.82 bits per heavy atom. The quantitative estimate of drug-likeness (QED) is 0.0926. The molecular formula is C36H41N3O6. The molecule has 45 heavy (non-hydrogen) atoms. The molecule has 0 N–H and O–H groups in total. The number of carbonyl (C=O) groups is 1. The van der Waals surface area contributed by atoms with Crippen LogP contribution in [0.5, 0.6) is 17.2 Å². The highest BCUT2D eigenvalue weighted by Gasteiger charge is 2.22. The van der Waals surface area contributed by atoms with Gasteiger partial charge in [-0.1, -0.05) is 32.1 Å². The lowest BCUT2D eigenvalue weighted by molar-refractivity contribution is -0.150. The number of allylic oxidation sites excluding steroid dienone is 1. The van der Waals surface area contributed by atoms with Crippen molar-refractivity contribution in [2.45, 2.75) is 60.0 Å². The highest BCUT2D eigenvalue weighted by molar-refractivity contribution is 5.84. The number of aryl methyl sites for hydroxylation is 1. The van der Waals surface area contributed by atoms with Crippen LogP contribution < -0.4 is 19.8 Å². The number of aromatic nitrogens is 2. The monoisotopic (exact) mass is 611 g/mol. The third-order valence-electron chi connectivity index (χ3n) is 7.25. The van der Waals surface area contributed by atoms with Crippen LogP contribution in [0.1, 0.15) is 62.8 Å². The summed E-state index contributed by atoms with van der Waals surface area (Å²) in [6.07, 6.45) is 2.93. The first-order valence-corrected chi connectivity index (χ1v) is 15.1. The van der Waals surface area contributed by atoms with Crippen LogP contribution in [0.4, 0.5) is 0 Å². The van der Waals surface area contributed by atoms with Crippen molar-refractivity contribution in [1.29, 1.82) is 0 Å². The Labute approximate surface area is 264 Å². The second-order valence-corrected chi connectivity index (χ2v) is 10.8. The van der Waals surface area contributed by atoms with Gasteiger partial charge in [-0.25, -0.2) is 9.78 Å². The zero-order valence-electron chi connectivity index (χ0n) is 27.0. The van der Waals surface area contributed by atoms with E-state index in [0.29, 0.717) is 46.8 Å². The first-order valence-electron chi connectivity index (χ1n) is 15.1. The van der Waals surface area contributed by atoms with Crippen molar-refractivity contribution in [3.63, 3.8) is 0 Å². The van der Waals surface area contributed by atoms with Crippen molar-refractivity contribution >= 4 is 23.1 Å².